The van der Waals surface area contributed by atoms with E-state index < -0.39 is 18.0 Å². The molecule has 2 aromatic carbocycles. The van der Waals surface area contributed by atoms with E-state index in [1.165, 1.54) is 17.8 Å². The second-order valence-electron chi connectivity index (χ2n) is 7.56. The Morgan fingerprint density at radius 3 is 2.29 bits per heavy atom. The van der Waals surface area contributed by atoms with Gasteiger partial charge in [0.05, 0.1) is 5.75 Å². The number of pyridine rings is 1. The van der Waals surface area contributed by atoms with Crippen LogP contribution in [-0.2, 0) is 9.53 Å². The molecule has 174 valence electrons. The number of carboxylic acid groups (broad SMARTS) is 1. The van der Waals surface area contributed by atoms with Gasteiger partial charge in [-0.15, -0.1) is 11.8 Å². The molecule has 4 rings (SSSR count). The summed E-state index contributed by atoms with van der Waals surface area (Å²) in [6.07, 6.45) is -0.656. The number of nitrogens with zero attached hydrogens (tertiary/aromatic N) is 1. The summed E-state index contributed by atoms with van der Waals surface area (Å²) in [6, 6.07) is 20.9. The lowest BCUT2D eigenvalue weighted by atomic mass is 9.98. The van der Waals surface area contributed by atoms with Crippen molar-refractivity contribution in [1.82, 2.24) is 10.3 Å². The molecule has 3 N–H and O–H groups in total. The third-order valence-corrected chi connectivity index (χ3v) is 6.26. The molecule has 9 heteroatoms. The van der Waals surface area contributed by atoms with E-state index in [1.807, 2.05) is 36.4 Å². The van der Waals surface area contributed by atoms with Crippen molar-refractivity contribution in [2.75, 3.05) is 30.0 Å². The van der Waals surface area contributed by atoms with Crippen LogP contribution in [0.4, 0.5) is 10.6 Å². The number of carbonyl (C=O) groups is 3. The largest absolute Gasteiger partial charge is 0.481 e. The molecule has 2 amide bonds. The van der Waals surface area contributed by atoms with Crippen molar-refractivity contribution in [3.63, 3.8) is 0 Å². The maximum Gasteiger partial charge on any atom is 0.412 e. The van der Waals surface area contributed by atoms with E-state index in [0.717, 1.165) is 22.3 Å². The van der Waals surface area contributed by atoms with Crippen molar-refractivity contribution >= 4 is 35.5 Å². The third-order valence-electron chi connectivity index (χ3n) is 5.31. The highest BCUT2D eigenvalue weighted by molar-refractivity contribution is 7.99. The van der Waals surface area contributed by atoms with E-state index in [9.17, 15) is 14.4 Å². The smallest absolute Gasteiger partial charge is 0.412 e. The van der Waals surface area contributed by atoms with E-state index in [-0.39, 0.29) is 29.8 Å². The van der Waals surface area contributed by atoms with Gasteiger partial charge in [-0.25, -0.2) is 9.78 Å². The Balaban J connectivity index is 1.32. The van der Waals surface area contributed by atoms with Gasteiger partial charge in [-0.3, -0.25) is 14.9 Å². The predicted molar refractivity (Wildman–Crippen MR) is 130 cm³/mol. The monoisotopic (exact) mass is 477 g/mol. The average molecular weight is 478 g/mol. The molecular weight excluding hydrogens is 454 g/mol. The summed E-state index contributed by atoms with van der Waals surface area (Å²) < 4.78 is 5.51. The van der Waals surface area contributed by atoms with Crippen molar-refractivity contribution in [1.29, 1.82) is 0 Å². The van der Waals surface area contributed by atoms with E-state index in [2.05, 4.69) is 27.8 Å². The number of carbonyl (C=O) groups excluding carboxylic acids is 2. The molecule has 34 heavy (non-hydrogen) atoms. The predicted octanol–water partition coefficient (Wildman–Crippen LogP) is 3.99. The number of aromatic nitrogens is 1. The molecule has 0 aliphatic heterocycles. The Kier molecular flexibility index (Phi) is 7.44. The van der Waals surface area contributed by atoms with Gasteiger partial charge in [0.1, 0.15) is 18.1 Å². The Hall–Kier alpha value is -3.85. The Morgan fingerprint density at radius 1 is 0.941 bits per heavy atom. The second-order valence-corrected chi connectivity index (χ2v) is 8.67. The summed E-state index contributed by atoms with van der Waals surface area (Å²) in [5.41, 5.74) is 4.67. The van der Waals surface area contributed by atoms with Crippen LogP contribution in [0.2, 0.25) is 0 Å². The molecule has 0 spiro atoms. The molecule has 1 aliphatic rings. The number of amides is 2. The van der Waals surface area contributed by atoms with Gasteiger partial charge in [-0.2, -0.15) is 0 Å². The van der Waals surface area contributed by atoms with Crippen molar-refractivity contribution in [3.05, 3.63) is 83.6 Å². The SMILES string of the molecule is O=C(O)CSCCNC(=O)c1cccc(NC(=O)OCC2c3ccccc3-c3ccccc32)n1. The number of hydrogen-bond donors (Lipinski definition) is 3. The van der Waals surface area contributed by atoms with Crippen LogP contribution in [0.1, 0.15) is 27.5 Å². The van der Waals surface area contributed by atoms with Gasteiger partial charge < -0.3 is 15.2 Å². The quantitative estimate of drug-likeness (QED) is 0.399. The van der Waals surface area contributed by atoms with Crippen molar-refractivity contribution < 1.29 is 24.2 Å². The highest BCUT2D eigenvalue weighted by Crippen LogP contribution is 2.44. The van der Waals surface area contributed by atoms with Crippen LogP contribution >= 0.6 is 11.8 Å². The average Bonchev–Trinajstić information content (AvgIpc) is 3.16. The fourth-order valence-electron chi connectivity index (χ4n) is 3.86. The maximum absolute atomic E-state index is 12.4. The van der Waals surface area contributed by atoms with Crippen LogP contribution in [0.15, 0.2) is 66.7 Å². The van der Waals surface area contributed by atoms with Gasteiger partial charge in [0.25, 0.3) is 5.91 Å². The molecule has 8 nitrogen and oxygen atoms in total. The highest BCUT2D eigenvalue weighted by atomic mass is 32.2. The van der Waals surface area contributed by atoms with Crippen molar-refractivity contribution in [2.24, 2.45) is 0 Å². The molecule has 0 fully saturated rings. The van der Waals surface area contributed by atoms with E-state index in [4.69, 9.17) is 9.84 Å². The van der Waals surface area contributed by atoms with Crippen LogP contribution in [0.3, 0.4) is 0 Å². The van der Waals surface area contributed by atoms with Crippen LogP contribution in [0.5, 0.6) is 0 Å². The van der Waals surface area contributed by atoms with Gasteiger partial charge in [-0.05, 0) is 34.4 Å². The number of hydrogen-bond acceptors (Lipinski definition) is 6. The Labute approximate surface area is 200 Å². The lowest BCUT2D eigenvalue weighted by molar-refractivity contribution is -0.133. The molecule has 0 bridgehead atoms. The molecule has 0 saturated heterocycles. The zero-order valence-corrected chi connectivity index (χ0v) is 19.0. The lowest BCUT2D eigenvalue weighted by Crippen LogP contribution is -2.27. The summed E-state index contributed by atoms with van der Waals surface area (Å²) in [4.78, 5) is 39.4. The third kappa shape index (κ3) is 5.55. The number of thioether (sulfide) groups is 1. The summed E-state index contributed by atoms with van der Waals surface area (Å²) in [5.74, 6) is -0.715. The number of carboxylic acids is 1. The lowest BCUT2D eigenvalue weighted by Gasteiger charge is -2.14. The molecular formula is C25H23N3O5S. The molecule has 0 atom stereocenters. The number of benzene rings is 2. The molecule has 3 aromatic rings. The van der Waals surface area contributed by atoms with Gasteiger partial charge in [0.15, 0.2) is 0 Å². The minimum absolute atomic E-state index is 0.0202. The zero-order chi connectivity index (χ0) is 23.9. The zero-order valence-electron chi connectivity index (χ0n) is 18.2. The maximum atomic E-state index is 12.4. The second kappa shape index (κ2) is 10.8. The molecule has 1 heterocycles. The van der Waals surface area contributed by atoms with E-state index >= 15 is 0 Å². The van der Waals surface area contributed by atoms with Crippen LogP contribution in [0.25, 0.3) is 11.1 Å². The minimum Gasteiger partial charge on any atom is -0.481 e. The first-order valence-corrected chi connectivity index (χ1v) is 11.8. The standard InChI is InChI=1S/C25H23N3O5S/c29-23(30)15-34-13-12-26-24(31)21-10-5-11-22(27-21)28-25(32)33-14-20-18-8-3-1-6-16(18)17-7-2-4-9-19(17)20/h1-11,20H,12-15H2,(H,26,31)(H,29,30)(H,27,28,32). The van der Waals surface area contributed by atoms with Crippen molar-refractivity contribution in [2.45, 2.75) is 5.92 Å². The molecule has 0 unspecified atom stereocenters. The van der Waals surface area contributed by atoms with Crippen LogP contribution in [-0.4, -0.2) is 52.7 Å². The summed E-state index contributed by atoms with van der Waals surface area (Å²) in [7, 11) is 0. The normalized spacial score (nSPS) is 11.9. The fraction of sp³-hybridized carbons (Fsp3) is 0.200. The first kappa shape index (κ1) is 23.3. The molecule has 0 saturated carbocycles. The first-order chi connectivity index (χ1) is 16.5. The number of anilines is 1. The van der Waals surface area contributed by atoms with Gasteiger partial charge in [-0.1, -0.05) is 54.6 Å². The molecule has 0 radical (unpaired) electrons. The number of nitrogens with one attached hydrogen (secondary N) is 2. The number of rotatable bonds is 9. The van der Waals surface area contributed by atoms with E-state index in [0.29, 0.717) is 12.3 Å². The molecule has 1 aromatic heterocycles. The van der Waals surface area contributed by atoms with Crippen molar-refractivity contribution in [3.8, 4) is 11.1 Å². The van der Waals surface area contributed by atoms with Gasteiger partial charge in [0, 0.05) is 18.2 Å². The highest BCUT2D eigenvalue weighted by Gasteiger charge is 2.29. The fourth-order valence-corrected chi connectivity index (χ4v) is 4.42. The number of ether oxygens (including phenoxy) is 1. The Bertz CT molecular complexity index is 1170. The van der Waals surface area contributed by atoms with Crippen LogP contribution in [0, 0.1) is 0 Å². The van der Waals surface area contributed by atoms with Crippen LogP contribution < -0.4 is 10.6 Å². The van der Waals surface area contributed by atoms with Gasteiger partial charge >= 0.3 is 12.1 Å². The summed E-state index contributed by atoms with van der Waals surface area (Å²) >= 11 is 1.21. The minimum atomic E-state index is -0.898. The first-order valence-electron chi connectivity index (χ1n) is 10.7. The molecule has 1 aliphatic carbocycles. The summed E-state index contributed by atoms with van der Waals surface area (Å²) in [5, 5.41) is 13.9. The van der Waals surface area contributed by atoms with E-state index in [1.54, 1.807) is 12.1 Å². The number of fused-ring (bicyclic) bond motifs is 3. The topological polar surface area (TPSA) is 118 Å². The summed E-state index contributed by atoms with van der Waals surface area (Å²) in [6.45, 7) is 0.483. The van der Waals surface area contributed by atoms with Gasteiger partial charge in [0.2, 0.25) is 0 Å². The Morgan fingerprint density at radius 2 is 1.62 bits per heavy atom. The number of aliphatic carboxylic acids is 1.